The molecule has 27 heavy (non-hydrogen) atoms. The third kappa shape index (κ3) is 6.94. The summed E-state index contributed by atoms with van der Waals surface area (Å²) in [6, 6.07) is 11.8. The first-order valence-electron chi connectivity index (χ1n) is 8.48. The van der Waals surface area contributed by atoms with Crippen molar-refractivity contribution in [2.45, 2.75) is 32.5 Å². The maximum Gasteiger partial charge on any atom is 0.347 e. The minimum absolute atomic E-state index is 0.0377. The van der Waals surface area contributed by atoms with Crippen LogP contribution in [0.5, 0.6) is 17.2 Å². The summed E-state index contributed by atoms with van der Waals surface area (Å²) < 4.78 is 21.6. The summed E-state index contributed by atoms with van der Waals surface area (Å²) in [5.74, 6) is 1.18. The molecule has 2 rings (SSSR count). The van der Waals surface area contributed by atoms with E-state index in [1.54, 1.807) is 56.5 Å². The predicted octanol–water partition coefficient (Wildman–Crippen LogP) is 5.52. The van der Waals surface area contributed by atoms with Gasteiger partial charge in [0.05, 0.1) is 17.7 Å². The van der Waals surface area contributed by atoms with E-state index in [9.17, 15) is 4.79 Å². The van der Waals surface area contributed by atoms with Crippen LogP contribution in [0.4, 0.5) is 0 Å². The van der Waals surface area contributed by atoms with Gasteiger partial charge in [-0.25, -0.2) is 4.79 Å². The Kier molecular flexibility index (Phi) is 8.23. The molecule has 0 spiro atoms. The molecule has 2 atom stereocenters. The Bertz CT molecular complexity index is 749. The Labute approximate surface area is 169 Å². The quantitative estimate of drug-likeness (QED) is 0.507. The van der Waals surface area contributed by atoms with Crippen molar-refractivity contribution in [1.29, 1.82) is 0 Å². The monoisotopic (exact) mass is 412 g/mol. The highest BCUT2D eigenvalue weighted by atomic mass is 35.5. The van der Waals surface area contributed by atoms with Gasteiger partial charge < -0.3 is 18.9 Å². The lowest BCUT2D eigenvalue weighted by Gasteiger charge is -2.15. The summed E-state index contributed by atoms with van der Waals surface area (Å²) in [6.07, 6.45) is -0.0510. The van der Waals surface area contributed by atoms with Crippen molar-refractivity contribution in [2.75, 3.05) is 13.7 Å². The Balaban J connectivity index is 1.86. The number of carbonyl (C=O) groups excluding carboxylic acids is 1. The molecule has 0 aliphatic carbocycles. The molecule has 0 saturated heterocycles. The van der Waals surface area contributed by atoms with Gasteiger partial charge in [-0.3, -0.25) is 0 Å². The molecule has 0 heterocycles. The van der Waals surface area contributed by atoms with Crippen LogP contribution in [-0.2, 0) is 14.3 Å². The van der Waals surface area contributed by atoms with Crippen LogP contribution in [0.15, 0.2) is 42.5 Å². The normalized spacial score (nSPS) is 12.9. The molecule has 146 valence electrons. The standard InChI is InChI=1S/C20H22Cl2O5/c1-13(24-3)10-11-25-20(23)14(2)26-16-5-7-17(8-6-16)27-19-9-4-15(21)12-18(19)22/h4-9,12-14H,10-11H2,1-3H3. The predicted molar refractivity (Wildman–Crippen MR) is 105 cm³/mol. The maximum absolute atomic E-state index is 12.0. The SMILES string of the molecule is COC(C)CCOC(=O)C(C)Oc1ccc(Oc2ccc(Cl)cc2Cl)cc1. The number of hydrogen-bond donors (Lipinski definition) is 0. The van der Waals surface area contributed by atoms with Crippen LogP contribution in [0, 0.1) is 0 Å². The second-order valence-corrected chi connectivity index (χ2v) is 6.75. The fourth-order valence-electron chi connectivity index (χ4n) is 2.08. The highest BCUT2D eigenvalue weighted by molar-refractivity contribution is 6.35. The van der Waals surface area contributed by atoms with Gasteiger partial charge in [-0.15, -0.1) is 0 Å². The van der Waals surface area contributed by atoms with Crippen molar-refractivity contribution in [3.05, 3.63) is 52.5 Å². The molecule has 0 radical (unpaired) electrons. The second-order valence-electron chi connectivity index (χ2n) is 5.91. The average molecular weight is 413 g/mol. The lowest BCUT2D eigenvalue weighted by molar-refractivity contribution is -0.151. The number of benzene rings is 2. The number of hydrogen-bond acceptors (Lipinski definition) is 5. The van der Waals surface area contributed by atoms with Gasteiger partial charge in [0.15, 0.2) is 6.10 Å². The van der Waals surface area contributed by atoms with Crippen LogP contribution in [0.2, 0.25) is 10.0 Å². The van der Waals surface area contributed by atoms with Crippen LogP contribution < -0.4 is 9.47 Å². The van der Waals surface area contributed by atoms with E-state index >= 15 is 0 Å². The van der Waals surface area contributed by atoms with Crippen LogP contribution >= 0.6 is 23.2 Å². The highest BCUT2D eigenvalue weighted by Crippen LogP contribution is 2.32. The number of halogens is 2. The second kappa shape index (κ2) is 10.4. The summed E-state index contributed by atoms with van der Waals surface area (Å²) in [5.41, 5.74) is 0. The summed E-state index contributed by atoms with van der Waals surface area (Å²) >= 11 is 12.0. The fourth-order valence-corrected chi connectivity index (χ4v) is 2.53. The molecular formula is C20H22Cl2O5. The Hall–Kier alpha value is -1.95. The highest BCUT2D eigenvalue weighted by Gasteiger charge is 2.17. The first kappa shape index (κ1) is 21.4. The molecule has 0 aromatic heterocycles. The van der Waals surface area contributed by atoms with Gasteiger partial charge in [-0.05, 0) is 56.3 Å². The summed E-state index contributed by atoms with van der Waals surface area (Å²) in [7, 11) is 1.62. The molecule has 0 aliphatic rings. The molecule has 0 fully saturated rings. The fraction of sp³-hybridized carbons (Fsp3) is 0.350. The van der Waals surface area contributed by atoms with Gasteiger partial charge in [0.25, 0.3) is 0 Å². The maximum atomic E-state index is 12.0. The summed E-state index contributed by atoms with van der Waals surface area (Å²) in [5, 5.41) is 0.954. The van der Waals surface area contributed by atoms with E-state index in [2.05, 4.69) is 0 Å². The zero-order valence-electron chi connectivity index (χ0n) is 15.4. The zero-order chi connectivity index (χ0) is 19.8. The molecule has 0 N–H and O–H groups in total. The van der Waals surface area contributed by atoms with Gasteiger partial charge in [-0.1, -0.05) is 23.2 Å². The number of methoxy groups -OCH3 is 1. The Morgan fingerprint density at radius 3 is 2.33 bits per heavy atom. The first-order chi connectivity index (χ1) is 12.9. The molecule has 2 aromatic rings. The van der Waals surface area contributed by atoms with Gasteiger partial charge in [0, 0.05) is 18.6 Å². The third-order valence-electron chi connectivity index (χ3n) is 3.76. The topological polar surface area (TPSA) is 54.0 Å². The van der Waals surface area contributed by atoms with Crippen molar-refractivity contribution in [1.82, 2.24) is 0 Å². The lowest BCUT2D eigenvalue weighted by Crippen LogP contribution is -2.27. The lowest BCUT2D eigenvalue weighted by atomic mass is 10.3. The van der Waals surface area contributed by atoms with E-state index in [0.717, 1.165) is 0 Å². The van der Waals surface area contributed by atoms with Crippen LogP contribution in [0.1, 0.15) is 20.3 Å². The number of esters is 1. The molecule has 2 aromatic carbocycles. The number of carbonyl (C=O) groups is 1. The molecule has 0 aliphatic heterocycles. The van der Waals surface area contributed by atoms with Gasteiger partial charge in [-0.2, -0.15) is 0 Å². The van der Waals surface area contributed by atoms with Crippen molar-refractivity contribution < 1.29 is 23.7 Å². The summed E-state index contributed by atoms with van der Waals surface area (Å²) in [6.45, 7) is 3.84. The third-order valence-corrected chi connectivity index (χ3v) is 4.29. The van der Waals surface area contributed by atoms with E-state index < -0.39 is 12.1 Å². The zero-order valence-corrected chi connectivity index (χ0v) is 16.9. The van der Waals surface area contributed by atoms with Crippen molar-refractivity contribution >= 4 is 29.2 Å². The smallest absolute Gasteiger partial charge is 0.347 e. The number of rotatable bonds is 9. The van der Waals surface area contributed by atoms with Crippen molar-refractivity contribution in [2.24, 2.45) is 0 Å². The largest absolute Gasteiger partial charge is 0.479 e. The Morgan fingerprint density at radius 2 is 1.70 bits per heavy atom. The van der Waals surface area contributed by atoms with Gasteiger partial charge >= 0.3 is 5.97 Å². The molecule has 0 amide bonds. The van der Waals surface area contributed by atoms with E-state index in [1.165, 1.54) is 0 Å². The molecule has 5 nitrogen and oxygen atoms in total. The van der Waals surface area contributed by atoms with Crippen molar-refractivity contribution in [3.63, 3.8) is 0 Å². The van der Waals surface area contributed by atoms with Gasteiger partial charge in [0.2, 0.25) is 0 Å². The minimum Gasteiger partial charge on any atom is -0.479 e. The van der Waals surface area contributed by atoms with E-state index in [0.29, 0.717) is 33.7 Å². The molecule has 0 bridgehead atoms. The molecular weight excluding hydrogens is 391 g/mol. The van der Waals surface area contributed by atoms with E-state index in [1.807, 2.05) is 6.92 Å². The van der Waals surface area contributed by atoms with Crippen LogP contribution in [0.25, 0.3) is 0 Å². The Morgan fingerprint density at radius 1 is 1.04 bits per heavy atom. The van der Waals surface area contributed by atoms with Crippen LogP contribution in [0.3, 0.4) is 0 Å². The van der Waals surface area contributed by atoms with Crippen LogP contribution in [-0.4, -0.2) is 31.9 Å². The average Bonchev–Trinajstić information content (AvgIpc) is 2.65. The first-order valence-corrected chi connectivity index (χ1v) is 9.23. The van der Waals surface area contributed by atoms with E-state index in [-0.39, 0.29) is 12.7 Å². The molecule has 2 unspecified atom stereocenters. The number of ether oxygens (including phenoxy) is 4. The van der Waals surface area contributed by atoms with Crippen molar-refractivity contribution in [3.8, 4) is 17.2 Å². The van der Waals surface area contributed by atoms with E-state index in [4.69, 9.17) is 42.1 Å². The van der Waals surface area contributed by atoms with Gasteiger partial charge in [0.1, 0.15) is 17.2 Å². The summed E-state index contributed by atoms with van der Waals surface area (Å²) in [4.78, 5) is 12.0. The molecule has 0 saturated carbocycles. The molecule has 7 heteroatoms. The minimum atomic E-state index is -0.722.